The van der Waals surface area contributed by atoms with E-state index in [1.165, 1.54) is 32.1 Å². The van der Waals surface area contributed by atoms with Crippen molar-refractivity contribution in [2.75, 3.05) is 18.0 Å². The summed E-state index contributed by atoms with van der Waals surface area (Å²) in [5.41, 5.74) is 3.24. The molecule has 0 unspecified atom stereocenters. The van der Waals surface area contributed by atoms with E-state index in [0.29, 0.717) is 6.04 Å². The fourth-order valence-corrected chi connectivity index (χ4v) is 3.89. The van der Waals surface area contributed by atoms with Gasteiger partial charge in [0.15, 0.2) is 0 Å². The summed E-state index contributed by atoms with van der Waals surface area (Å²) in [4.78, 5) is 2.40. The fraction of sp³-hybridized carbons (Fsp3) is 0.444. The first kappa shape index (κ1) is 14.3. The lowest BCUT2D eigenvalue weighted by Crippen LogP contribution is -2.29. The number of rotatable bonds is 3. The van der Waals surface area contributed by atoms with Crippen molar-refractivity contribution in [3.05, 3.63) is 35.7 Å². The summed E-state index contributed by atoms with van der Waals surface area (Å²) < 4.78 is 4.04. The lowest BCUT2D eigenvalue weighted by Gasteiger charge is -2.29. The summed E-state index contributed by atoms with van der Waals surface area (Å²) in [6.07, 6.45) is 12.1. The molecule has 1 saturated carbocycles. The maximum atomic E-state index is 6.55. The van der Waals surface area contributed by atoms with Crippen LogP contribution in [0.4, 0.5) is 5.69 Å². The first-order valence-electron chi connectivity index (χ1n) is 8.76. The highest BCUT2D eigenvalue weighted by Crippen LogP contribution is 2.36. The van der Waals surface area contributed by atoms with Gasteiger partial charge in [0.05, 0.1) is 40.9 Å². The predicted octanol–water partition coefficient (Wildman–Crippen LogP) is 4.20. The Hall–Kier alpha value is -2.01. The predicted molar refractivity (Wildman–Crippen MR) is 96.2 cm³/mol. The van der Waals surface area contributed by atoms with Crippen molar-refractivity contribution in [1.29, 1.82) is 0 Å². The Bertz CT molecular complexity index is 886. The molecule has 2 aliphatic rings. The molecule has 0 spiro atoms. The maximum absolute atomic E-state index is 6.55. The lowest BCUT2D eigenvalue weighted by atomic mass is 10.1. The zero-order valence-corrected chi connectivity index (χ0v) is 14.3. The van der Waals surface area contributed by atoms with Gasteiger partial charge in [-0.15, -0.1) is 0 Å². The van der Waals surface area contributed by atoms with Gasteiger partial charge in [0.25, 0.3) is 0 Å². The van der Waals surface area contributed by atoms with Gasteiger partial charge < -0.3 is 4.90 Å². The van der Waals surface area contributed by atoms with Gasteiger partial charge in [0.1, 0.15) is 5.69 Å². The van der Waals surface area contributed by atoms with Crippen LogP contribution in [0.1, 0.15) is 38.1 Å². The smallest absolute Gasteiger partial charge is 0.103 e. The normalized spacial score (nSPS) is 18.5. The summed E-state index contributed by atoms with van der Waals surface area (Å²) >= 11 is 6.55. The van der Waals surface area contributed by atoms with Crippen LogP contribution in [0.15, 0.2) is 30.7 Å². The molecular weight excluding hydrogens is 322 g/mol. The fourth-order valence-electron chi connectivity index (χ4n) is 3.59. The average Bonchev–Trinajstić information content (AvgIpc) is 3.20. The number of benzene rings is 1. The number of fused-ring (bicyclic) bond motifs is 1. The Morgan fingerprint density at radius 1 is 1.00 bits per heavy atom. The number of piperidine rings is 1. The second-order valence-electron chi connectivity index (χ2n) is 6.88. The first-order chi connectivity index (χ1) is 11.8. The molecule has 0 atom stereocenters. The molecule has 5 nitrogen and oxygen atoms in total. The molecule has 0 amide bonds. The molecule has 24 heavy (non-hydrogen) atoms. The highest BCUT2D eigenvalue weighted by Gasteiger charge is 2.25. The Labute approximate surface area is 145 Å². The number of nitrogens with zero attached hydrogens (tertiary/aromatic N) is 5. The third-order valence-electron chi connectivity index (χ3n) is 5.09. The van der Waals surface area contributed by atoms with Gasteiger partial charge in [-0.05, 0) is 44.2 Å². The molecule has 2 aromatic heterocycles. The van der Waals surface area contributed by atoms with Crippen LogP contribution in [-0.2, 0) is 0 Å². The molecule has 0 radical (unpaired) electrons. The molecule has 5 rings (SSSR count). The minimum Gasteiger partial charge on any atom is -0.370 e. The molecule has 1 saturated heterocycles. The maximum Gasteiger partial charge on any atom is 0.103 e. The number of hydrogen-bond acceptors (Lipinski definition) is 3. The van der Waals surface area contributed by atoms with E-state index < -0.39 is 0 Å². The van der Waals surface area contributed by atoms with E-state index in [9.17, 15) is 0 Å². The van der Waals surface area contributed by atoms with Crippen LogP contribution in [0.2, 0.25) is 5.02 Å². The van der Waals surface area contributed by atoms with E-state index in [4.69, 9.17) is 11.6 Å². The highest BCUT2D eigenvalue weighted by atomic mass is 35.5. The molecule has 3 aromatic rings. The molecule has 2 fully saturated rings. The van der Waals surface area contributed by atoms with Crippen LogP contribution in [-0.4, -0.2) is 32.7 Å². The SMILES string of the molecule is Clc1cc2cnn(-c3cnn(C4CC4)c3)c2cc1N1CCCCC1. The van der Waals surface area contributed by atoms with Gasteiger partial charge in [-0.25, -0.2) is 4.68 Å². The van der Waals surface area contributed by atoms with Crippen molar-refractivity contribution >= 4 is 28.2 Å². The van der Waals surface area contributed by atoms with Crippen LogP contribution < -0.4 is 4.90 Å². The molecule has 1 aromatic carbocycles. The van der Waals surface area contributed by atoms with Crippen LogP contribution in [0, 0.1) is 0 Å². The van der Waals surface area contributed by atoms with Crippen molar-refractivity contribution < 1.29 is 0 Å². The second-order valence-corrected chi connectivity index (χ2v) is 7.28. The van der Waals surface area contributed by atoms with Crippen molar-refractivity contribution in [2.45, 2.75) is 38.1 Å². The van der Waals surface area contributed by atoms with Crippen molar-refractivity contribution in [1.82, 2.24) is 19.6 Å². The number of hydrogen-bond donors (Lipinski definition) is 0. The van der Waals surface area contributed by atoms with E-state index in [-0.39, 0.29) is 0 Å². The lowest BCUT2D eigenvalue weighted by molar-refractivity contribution is 0.578. The van der Waals surface area contributed by atoms with E-state index in [2.05, 4.69) is 32.0 Å². The van der Waals surface area contributed by atoms with Crippen molar-refractivity contribution in [2.24, 2.45) is 0 Å². The Morgan fingerprint density at radius 3 is 2.62 bits per heavy atom. The largest absolute Gasteiger partial charge is 0.370 e. The van der Waals surface area contributed by atoms with Crippen molar-refractivity contribution in [3.63, 3.8) is 0 Å². The molecule has 3 heterocycles. The third-order valence-corrected chi connectivity index (χ3v) is 5.39. The highest BCUT2D eigenvalue weighted by molar-refractivity contribution is 6.34. The van der Waals surface area contributed by atoms with Gasteiger partial charge in [0, 0.05) is 18.5 Å². The van der Waals surface area contributed by atoms with Gasteiger partial charge in [-0.3, -0.25) is 4.68 Å². The molecule has 0 bridgehead atoms. The molecule has 0 N–H and O–H groups in total. The molecule has 1 aliphatic carbocycles. The van der Waals surface area contributed by atoms with Crippen LogP contribution in [0.25, 0.3) is 16.6 Å². The monoisotopic (exact) mass is 341 g/mol. The van der Waals surface area contributed by atoms with E-state index in [1.54, 1.807) is 0 Å². The molecule has 1 aliphatic heterocycles. The average molecular weight is 342 g/mol. The van der Waals surface area contributed by atoms with Crippen LogP contribution in [0.3, 0.4) is 0 Å². The topological polar surface area (TPSA) is 38.9 Å². The quantitative estimate of drug-likeness (QED) is 0.716. The summed E-state index contributed by atoms with van der Waals surface area (Å²) in [5, 5.41) is 10.9. The van der Waals surface area contributed by atoms with Gasteiger partial charge in [0.2, 0.25) is 0 Å². The van der Waals surface area contributed by atoms with E-state index >= 15 is 0 Å². The Kier molecular flexibility index (Phi) is 3.30. The first-order valence-corrected chi connectivity index (χ1v) is 9.14. The van der Waals surface area contributed by atoms with Gasteiger partial charge in [-0.2, -0.15) is 10.2 Å². The summed E-state index contributed by atoms with van der Waals surface area (Å²) in [6.45, 7) is 2.16. The Balaban J connectivity index is 1.58. The minimum absolute atomic E-state index is 0.582. The zero-order valence-electron chi connectivity index (χ0n) is 13.5. The zero-order chi connectivity index (χ0) is 16.1. The molecule has 124 valence electrons. The van der Waals surface area contributed by atoms with Gasteiger partial charge in [-0.1, -0.05) is 11.6 Å². The molecular formula is C18H20ClN5. The van der Waals surface area contributed by atoms with Crippen LogP contribution >= 0.6 is 11.6 Å². The van der Waals surface area contributed by atoms with Crippen LogP contribution in [0.5, 0.6) is 0 Å². The Morgan fingerprint density at radius 2 is 1.83 bits per heavy atom. The molecule has 6 heteroatoms. The van der Waals surface area contributed by atoms with E-state index in [0.717, 1.165) is 40.4 Å². The minimum atomic E-state index is 0.582. The summed E-state index contributed by atoms with van der Waals surface area (Å²) in [7, 11) is 0. The standard InChI is InChI=1S/C18H20ClN5/c19-16-8-13-10-21-24(15-11-20-23(12-15)14-4-5-14)17(13)9-18(16)22-6-2-1-3-7-22/h8-12,14H,1-7H2. The number of aromatic nitrogens is 4. The summed E-state index contributed by atoms with van der Waals surface area (Å²) in [5.74, 6) is 0. The summed E-state index contributed by atoms with van der Waals surface area (Å²) in [6, 6.07) is 4.80. The van der Waals surface area contributed by atoms with Crippen molar-refractivity contribution in [3.8, 4) is 5.69 Å². The number of halogens is 1. The van der Waals surface area contributed by atoms with Gasteiger partial charge >= 0.3 is 0 Å². The third kappa shape index (κ3) is 2.38. The second kappa shape index (κ2) is 5.52. The number of anilines is 1. The van der Waals surface area contributed by atoms with E-state index in [1.807, 2.05) is 23.1 Å².